The summed E-state index contributed by atoms with van der Waals surface area (Å²) in [5, 5.41) is 3.09. The van der Waals surface area contributed by atoms with Gasteiger partial charge < -0.3 is 9.73 Å². The van der Waals surface area contributed by atoms with Crippen LogP contribution in [0.15, 0.2) is 58.0 Å². The predicted octanol–water partition coefficient (Wildman–Crippen LogP) is 2.63. The molecule has 2 saturated heterocycles. The Morgan fingerprint density at radius 2 is 1.73 bits per heavy atom. The standard InChI is InChI=1S/C22H29N3O4S/c26-22(23-17-20(21-9-6-16-29-21)24-12-4-5-13-24)18-10-14-25(15-11-18)30(27,28)19-7-2-1-3-8-19/h1-3,6-9,16,18,20H,4-5,10-15,17H2,(H,23,26)/t20-/m1/s1. The van der Waals surface area contributed by atoms with Crippen LogP contribution in [-0.4, -0.2) is 56.3 Å². The van der Waals surface area contributed by atoms with Crippen LogP contribution in [0.25, 0.3) is 0 Å². The van der Waals surface area contributed by atoms with Gasteiger partial charge in [0.05, 0.1) is 17.2 Å². The van der Waals surface area contributed by atoms with Crippen molar-refractivity contribution in [2.45, 2.75) is 36.6 Å². The van der Waals surface area contributed by atoms with Gasteiger partial charge in [-0.25, -0.2) is 8.42 Å². The van der Waals surface area contributed by atoms with Gasteiger partial charge in [0, 0.05) is 25.6 Å². The van der Waals surface area contributed by atoms with E-state index in [-0.39, 0.29) is 17.9 Å². The summed E-state index contributed by atoms with van der Waals surface area (Å²) in [5.41, 5.74) is 0. The molecule has 1 amide bonds. The van der Waals surface area contributed by atoms with E-state index in [1.54, 1.807) is 36.6 Å². The number of benzene rings is 1. The number of nitrogens with zero attached hydrogens (tertiary/aromatic N) is 2. The molecule has 8 heteroatoms. The molecule has 7 nitrogen and oxygen atoms in total. The van der Waals surface area contributed by atoms with Crippen LogP contribution in [0.2, 0.25) is 0 Å². The number of likely N-dealkylation sites (tertiary alicyclic amines) is 1. The number of rotatable bonds is 7. The first-order chi connectivity index (χ1) is 14.6. The molecule has 30 heavy (non-hydrogen) atoms. The zero-order chi connectivity index (χ0) is 21.0. The van der Waals surface area contributed by atoms with Gasteiger partial charge in [-0.1, -0.05) is 18.2 Å². The molecule has 3 heterocycles. The summed E-state index contributed by atoms with van der Waals surface area (Å²) in [4.78, 5) is 15.4. The Labute approximate surface area is 178 Å². The predicted molar refractivity (Wildman–Crippen MR) is 113 cm³/mol. The third kappa shape index (κ3) is 4.61. The Balaban J connectivity index is 1.32. The van der Waals surface area contributed by atoms with Crippen LogP contribution in [0.4, 0.5) is 0 Å². The molecule has 0 saturated carbocycles. The highest BCUT2D eigenvalue weighted by atomic mass is 32.2. The number of nitrogens with one attached hydrogen (secondary N) is 1. The van der Waals surface area contributed by atoms with E-state index in [1.807, 2.05) is 12.1 Å². The third-order valence-electron chi connectivity index (χ3n) is 6.13. The molecule has 1 atom stereocenters. The van der Waals surface area contributed by atoms with Crippen LogP contribution in [-0.2, 0) is 14.8 Å². The fourth-order valence-electron chi connectivity index (χ4n) is 4.39. The number of piperidine rings is 1. The number of carbonyl (C=O) groups excluding carboxylic acids is 1. The van der Waals surface area contributed by atoms with Crippen LogP contribution in [0, 0.1) is 5.92 Å². The Morgan fingerprint density at radius 3 is 2.37 bits per heavy atom. The molecular weight excluding hydrogens is 402 g/mol. The average Bonchev–Trinajstić information content (AvgIpc) is 3.50. The number of carbonyl (C=O) groups is 1. The first-order valence-electron chi connectivity index (χ1n) is 10.7. The van der Waals surface area contributed by atoms with Crippen LogP contribution in [0.3, 0.4) is 0 Å². The summed E-state index contributed by atoms with van der Waals surface area (Å²) >= 11 is 0. The van der Waals surface area contributed by atoms with Crippen molar-refractivity contribution in [3.8, 4) is 0 Å². The van der Waals surface area contributed by atoms with Crippen molar-refractivity contribution in [1.82, 2.24) is 14.5 Å². The van der Waals surface area contributed by atoms with Crippen LogP contribution in [0.5, 0.6) is 0 Å². The lowest BCUT2D eigenvalue weighted by atomic mass is 9.97. The van der Waals surface area contributed by atoms with Crippen molar-refractivity contribution in [2.24, 2.45) is 5.92 Å². The molecular formula is C22H29N3O4S. The maximum Gasteiger partial charge on any atom is 0.243 e. The Hall–Kier alpha value is -2.16. The fraction of sp³-hybridized carbons (Fsp3) is 0.500. The van der Waals surface area contributed by atoms with E-state index in [2.05, 4.69) is 10.2 Å². The van der Waals surface area contributed by atoms with Gasteiger partial charge in [-0.15, -0.1) is 0 Å². The molecule has 0 aliphatic carbocycles. The molecule has 0 spiro atoms. The smallest absolute Gasteiger partial charge is 0.243 e. The summed E-state index contributed by atoms with van der Waals surface area (Å²) in [7, 11) is -3.50. The highest BCUT2D eigenvalue weighted by molar-refractivity contribution is 7.89. The second-order valence-corrected chi connectivity index (χ2v) is 9.95. The number of hydrogen-bond acceptors (Lipinski definition) is 5. The zero-order valence-corrected chi connectivity index (χ0v) is 17.9. The molecule has 1 aromatic heterocycles. The molecule has 0 bridgehead atoms. The lowest BCUT2D eigenvalue weighted by molar-refractivity contribution is -0.126. The maximum atomic E-state index is 12.8. The molecule has 2 aliphatic rings. The van der Waals surface area contributed by atoms with Gasteiger partial charge in [0.2, 0.25) is 15.9 Å². The van der Waals surface area contributed by atoms with Gasteiger partial charge in [0.15, 0.2) is 0 Å². The largest absolute Gasteiger partial charge is 0.468 e. The second kappa shape index (κ2) is 9.32. The summed E-state index contributed by atoms with van der Waals surface area (Å²) in [6.07, 6.45) is 5.07. The lowest BCUT2D eigenvalue weighted by Crippen LogP contribution is -2.44. The topological polar surface area (TPSA) is 82.9 Å². The van der Waals surface area contributed by atoms with E-state index in [9.17, 15) is 13.2 Å². The normalized spacial score (nSPS) is 20.3. The fourth-order valence-corrected chi connectivity index (χ4v) is 5.88. The number of furan rings is 1. The highest BCUT2D eigenvalue weighted by Crippen LogP contribution is 2.26. The van der Waals surface area contributed by atoms with E-state index in [0.717, 1.165) is 18.8 Å². The molecule has 4 rings (SSSR count). The van der Waals surface area contributed by atoms with Gasteiger partial charge in [0.25, 0.3) is 0 Å². The molecule has 0 unspecified atom stereocenters. The molecule has 2 fully saturated rings. The minimum absolute atomic E-state index is 0.00233. The maximum absolute atomic E-state index is 12.8. The monoisotopic (exact) mass is 431 g/mol. The summed E-state index contributed by atoms with van der Waals surface area (Å²) < 4.78 is 32.6. The van der Waals surface area contributed by atoms with Gasteiger partial charge >= 0.3 is 0 Å². The first-order valence-corrected chi connectivity index (χ1v) is 12.1. The third-order valence-corrected chi connectivity index (χ3v) is 8.04. The minimum atomic E-state index is -3.50. The van der Waals surface area contributed by atoms with E-state index in [0.29, 0.717) is 37.4 Å². The second-order valence-electron chi connectivity index (χ2n) is 8.01. The Bertz CT molecular complexity index is 917. The zero-order valence-electron chi connectivity index (χ0n) is 17.1. The van der Waals surface area contributed by atoms with Crippen molar-refractivity contribution in [3.05, 3.63) is 54.5 Å². The van der Waals surface area contributed by atoms with Crippen LogP contribution < -0.4 is 5.32 Å². The van der Waals surface area contributed by atoms with E-state index < -0.39 is 10.0 Å². The SMILES string of the molecule is O=C(NC[C@H](c1ccco1)N1CCCC1)C1CCN(S(=O)(=O)c2ccccc2)CC1. The van der Waals surface area contributed by atoms with E-state index in [1.165, 1.54) is 17.1 Å². The summed E-state index contributed by atoms with van der Waals surface area (Å²) in [6, 6.07) is 12.4. The summed E-state index contributed by atoms with van der Waals surface area (Å²) in [5.74, 6) is 0.714. The van der Waals surface area contributed by atoms with Crippen molar-refractivity contribution in [2.75, 3.05) is 32.7 Å². The molecule has 2 aromatic rings. The number of hydrogen-bond donors (Lipinski definition) is 1. The van der Waals surface area contributed by atoms with Crippen LogP contribution >= 0.6 is 0 Å². The number of sulfonamides is 1. The van der Waals surface area contributed by atoms with E-state index >= 15 is 0 Å². The molecule has 0 radical (unpaired) electrons. The number of amides is 1. The summed E-state index contributed by atoms with van der Waals surface area (Å²) in [6.45, 7) is 3.26. The molecule has 1 aromatic carbocycles. The van der Waals surface area contributed by atoms with Crippen LogP contribution in [0.1, 0.15) is 37.5 Å². The molecule has 1 N–H and O–H groups in total. The van der Waals surface area contributed by atoms with Gasteiger partial charge in [0.1, 0.15) is 5.76 Å². The lowest BCUT2D eigenvalue weighted by Gasteiger charge is -2.31. The first kappa shape index (κ1) is 21.1. The van der Waals surface area contributed by atoms with Crippen molar-refractivity contribution >= 4 is 15.9 Å². The highest BCUT2D eigenvalue weighted by Gasteiger charge is 2.33. The van der Waals surface area contributed by atoms with Gasteiger partial charge in [-0.2, -0.15) is 4.31 Å². The molecule has 2 aliphatic heterocycles. The minimum Gasteiger partial charge on any atom is -0.468 e. The average molecular weight is 432 g/mol. The van der Waals surface area contributed by atoms with Crippen molar-refractivity contribution in [1.29, 1.82) is 0 Å². The van der Waals surface area contributed by atoms with Gasteiger partial charge in [-0.05, 0) is 63.0 Å². The molecule has 162 valence electrons. The van der Waals surface area contributed by atoms with Crippen molar-refractivity contribution in [3.63, 3.8) is 0 Å². The Kier molecular flexibility index (Phi) is 6.55. The van der Waals surface area contributed by atoms with E-state index in [4.69, 9.17) is 4.42 Å². The quantitative estimate of drug-likeness (QED) is 0.729. The van der Waals surface area contributed by atoms with Gasteiger partial charge in [-0.3, -0.25) is 9.69 Å². The Morgan fingerprint density at radius 1 is 1.03 bits per heavy atom. The van der Waals surface area contributed by atoms with Crippen molar-refractivity contribution < 1.29 is 17.6 Å².